The van der Waals surface area contributed by atoms with Gasteiger partial charge in [-0.05, 0) is 26.7 Å². The fraction of sp³-hybridized carbons (Fsp3) is 0.500. The third-order valence-corrected chi connectivity index (χ3v) is 4.35. The van der Waals surface area contributed by atoms with Crippen LogP contribution < -0.4 is 0 Å². The number of esters is 1. The number of nitrogens with zero attached hydrogens (tertiary/aromatic N) is 1. The van der Waals surface area contributed by atoms with Crippen LogP contribution >= 0.6 is 11.3 Å². The first kappa shape index (κ1) is 10.8. The maximum atomic E-state index is 11.7. The van der Waals surface area contributed by atoms with Crippen LogP contribution in [0.25, 0.3) is 10.3 Å². The molecule has 17 heavy (non-hydrogen) atoms. The van der Waals surface area contributed by atoms with Crippen molar-refractivity contribution < 1.29 is 9.53 Å². The molecule has 0 radical (unpaired) electrons. The van der Waals surface area contributed by atoms with E-state index >= 15 is 0 Å². The molecule has 0 spiro atoms. The molecule has 0 aliphatic heterocycles. The van der Waals surface area contributed by atoms with E-state index in [0.29, 0.717) is 18.2 Å². The van der Waals surface area contributed by atoms with Crippen molar-refractivity contribution in [1.29, 1.82) is 0 Å². The Labute approximate surface area is 103 Å². The number of rotatable bonds is 3. The van der Waals surface area contributed by atoms with Crippen molar-refractivity contribution in [3.8, 4) is 0 Å². The fourth-order valence-electron chi connectivity index (χ4n) is 1.91. The number of nitrogens with one attached hydrogen (secondary N) is 1. The number of hydrogen-bond donors (Lipinski definition) is 1. The van der Waals surface area contributed by atoms with Crippen molar-refractivity contribution in [2.75, 3.05) is 6.61 Å². The Kier molecular flexibility index (Phi) is 2.43. The SMILES string of the molecule is CCOC(=O)c1[nH]c2nc(C3CC3)sc2c1C. The van der Waals surface area contributed by atoms with Crippen molar-refractivity contribution in [3.63, 3.8) is 0 Å². The Balaban J connectivity index is 2.01. The minimum Gasteiger partial charge on any atom is -0.461 e. The number of thiazole rings is 1. The molecule has 1 aliphatic rings. The van der Waals surface area contributed by atoms with Crippen LogP contribution in [0.5, 0.6) is 0 Å². The predicted octanol–water partition coefficient (Wildman–Crippen LogP) is 2.99. The third kappa shape index (κ3) is 1.74. The second kappa shape index (κ2) is 3.84. The summed E-state index contributed by atoms with van der Waals surface area (Å²) in [7, 11) is 0. The summed E-state index contributed by atoms with van der Waals surface area (Å²) in [6.45, 7) is 4.15. The largest absolute Gasteiger partial charge is 0.461 e. The van der Waals surface area contributed by atoms with Gasteiger partial charge >= 0.3 is 5.97 Å². The van der Waals surface area contributed by atoms with Gasteiger partial charge in [0.05, 0.1) is 16.3 Å². The molecular formula is C12H14N2O2S. The average Bonchev–Trinajstić information content (AvgIpc) is 2.99. The Bertz CT molecular complexity index is 581. The van der Waals surface area contributed by atoms with Crippen LogP contribution in [0, 0.1) is 6.92 Å². The maximum absolute atomic E-state index is 11.7. The van der Waals surface area contributed by atoms with Gasteiger partial charge in [0.2, 0.25) is 0 Å². The molecule has 1 N–H and O–H groups in total. The minimum absolute atomic E-state index is 0.289. The summed E-state index contributed by atoms with van der Waals surface area (Å²) < 4.78 is 6.10. The van der Waals surface area contributed by atoms with Gasteiger partial charge in [0.1, 0.15) is 11.3 Å². The van der Waals surface area contributed by atoms with Crippen LogP contribution in [0.15, 0.2) is 0 Å². The summed E-state index contributed by atoms with van der Waals surface area (Å²) in [4.78, 5) is 19.3. The number of aryl methyl sites for hydroxylation is 1. The first-order valence-corrected chi connectivity index (χ1v) is 6.68. The average molecular weight is 250 g/mol. The predicted molar refractivity (Wildman–Crippen MR) is 66.6 cm³/mol. The highest BCUT2D eigenvalue weighted by atomic mass is 32.1. The second-order valence-electron chi connectivity index (χ2n) is 4.35. The Morgan fingerprint density at radius 1 is 1.59 bits per heavy atom. The molecule has 3 rings (SSSR count). The van der Waals surface area contributed by atoms with E-state index in [9.17, 15) is 4.79 Å². The first-order chi connectivity index (χ1) is 8.20. The topological polar surface area (TPSA) is 55.0 Å². The molecule has 1 aliphatic carbocycles. The van der Waals surface area contributed by atoms with E-state index in [2.05, 4.69) is 9.97 Å². The highest BCUT2D eigenvalue weighted by Crippen LogP contribution is 2.44. The highest BCUT2D eigenvalue weighted by Gasteiger charge is 2.28. The zero-order valence-electron chi connectivity index (χ0n) is 9.87. The Hall–Kier alpha value is -1.36. The van der Waals surface area contributed by atoms with Gasteiger partial charge in [-0.15, -0.1) is 11.3 Å². The molecule has 0 unspecified atom stereocenters. The molecule has 5 heteroatoms. The summed E-state index contributed by atoms with van der Waals surface area (Å²) in [5.74, 6) is 0.370. The number of hydrogen-bond acceptors (Lipinski definition) is 4. The zero-order chi connectivity index (χ0) is 12.0. The Morgan fingerprint density at radius 2 is 2.35 bits per heavy atom. The molecule has 0 aromatic carbocycles. The van der Waals surface area contributed by atoms with Crippen LogP contribution in [0.3, 0.4) is 0 Å². The van der Waals surface area contributed by atoms with E-state index in [0.717, 1.165) is 15.9 Å². The molecule has 0 saturated heterocycles. The van der Waals surface area contributed by atoms with Gasteiger partial charge in [0.25, 0.3) is 0 Å². The lowest BCUT2D eigenvalue weighted by molar-refractivity contribution is 0.0519. The molecule has 0 bridgehead atoms. The number of ether oxygens (including phenoxy) is 1. The lowest BCUT2D eigenvalue weighted by Crippen LogP contribution is -2.06. The van der Waals surface area contributed by atoms with Crippen LogP contribution in [0.2, 0.25) is 0 Å². The third-order valence-electron chi connectivity index (χ3n) is 3.01. The van der Waals surface area contributed by atoms with Gasteiger partial charge in [-0.25, -0.2) is 9.78 Å². The van der Waals surface area contributed by atoms with Crippen LogP contribution in [-0.4, -0.2) is 22.5 Å². The molecule has 90 valence electrons. The summed E-state index contributed by atoms with van der Waals surface area (Å²) in [6, 6.07) is 0. The van der Waals surface area contributed by atoms with E-state index in [-0.39, 0.29) is 5.97 Å². The quantitative estimate of drug-likeness (QED) is 0.852. The minimum atomic E-state index is -0.289. The number of fused-ring (bicyclic) bond motifs is 1. The van der Waals surface area contributed by atoms with Crippen LogP contribution in [-0.2, 0) is 4.74 Å². The van der Waals surface area contributed by atoms with E-state index in [1.165, 1.54) is 17.8 Å². The fourth-order valence-corrected chi connectivity index (χ4v) is 3.11. The van der Waals surface area contributed by atoms with E-state index < -0.39 is 0 Å². The standard InChI is InChI=1S/C12H14N2O2S/c1-3-16-12(15)8-6(2)9-10(13-8)14-11(17-9)7-4-5-7/h7,13H,3-5H2,1-2H3. The molecule has 1 saturated carbocycles. The van der Waals surface area contributed by atoms with Gasteiger partial charge < -0.3 is 9.72 Å². The molecule has 2 heterocycles. The van der Waals surface area contributed by atoms with Crippen molar-refractivity contribution >= 4 is 27.7 Å². The van der Waals surface area contributed by atoms with Gasteiger partial charge in [-0.1, -0.05) is 0 Å². The first-order valence-electron chi connectivity index (χ1n) is 5.86. The number of carbonyl (C=O) groups excluding carboxylic acids is 1. The summed E-state index contributed by atoms with van der Waals surface area (Å²) in [5.41, 5.74) is 2.34. The summed E-state index contributed by atoms with van der Waals surface area (Å²) in [6.07, 6.45) is 2.50. The zero-order valence-corrected chi connectivity index (χ0v) is 10.7. The van der Waals surface area contributed by atoms with Gasteiger partial charge in [0.15, 0.2) is 0 Å². The smallest absolute Gasteiger partial charge is 0.355 e. The van der Waals surface area contributed by atoms with Gasteiger partial charge in [-0.3, -0.25) is 0 Å². The van der Waals surface area contributed by atoms with E-state index in [1.54, 1.807) is 11.3 Å². The molecule has 2 aromatic rings. The number of H-pyrrole nitrogens is 1. The second-order valence-corrected chi connectivity index (χ2v) is 5.38. The van der Waals surface area contributed by atoms with Gasteiger partial charge in [0, 0.05) is 11.5 Å². The van der Waals surface area contributed by atoms with E-state index in [1.807, 2.05) is 13.8 Å². The molecule has 4 nitrogen and oxygen atoms in total. The lowest BCUT2D eigenvalue weighted by atomic mass is 10.3. The molecular weight excluding hydrogens is 236 g/mol. The molecule has 0 amide bonds. The van der Waals surface area contributed by atoms with Crippen LogP contribution in [0.1, 0.15) is 46.7 Å². The number of aromatic amines is 1. The van der Waals surface area contributed by atoms with Crippen molar-refractivity contribution in [2.45, 2.75) is 32.6 Å². The van der Waals surface area contributed by atoms with Crippen LogP contribution in [0.4, 0.5) is 0 Å². The number of carbonyl (C=O) groups is 1. The van der Waals surface area contributed by atoms with Crippen molar-refractivity contribution in [2.24, 2.45) is 0 Å². The maximum Gasteiger partial charge on any atom is 0.355 e. The molecule has 1 fully saturated rings. The van der Waals surface area contributed by atoms with Crippen molar-refractivity contribution in [1.82, 2.24) is 9.97 Å². The summed E-state index contributed by atoms with van der Waals surface area (Å²) in [5, 5.41) is 1.20. The summed E-state index contributed by atoms with van der Waals surface area (Å²) >= 11 is 1.70. The lowest BCUT2D eigenvalue weighted by Gasteiger charge is -1.99. The molecule has 2 aromatic heterocycles. The normalized spacial score (nSPS) is 15.4. The highest BCUT2D eigenvalue weighted by molar-refractivity contribution is 7.18. The number of aromatic nitrogens is 2. The van der Waals surface area contributed by atoms with E-state index in [4.69, 9.17) is 4.74 Å². The van der Waals surface area contributed by atoms with Gasteiger partial charge in [-0.2, -0.15) is 0 Å². The molecule has 0 atom stereocenters. The Morgan fingerprint density at radius 3 is 2.94 bits per heavy atom. The monoisotopic (exact) mass is 250 g/mol. The van der Waals surface area contributed by atoms with Crippen molar-refractivity contribution in [3.05, 3.63) is 16.3 Å².